The fourth-order valence-corrected chi connectivity index (χ4v) is 6.46. The molecule has 46 heavy (non-hydrogen) atoms. The maximum Gasteiger partial charge on any atom is 0.289 e. The Balaban J connectivity index is 1.54. The molecule has 1 saturated heterocycles. The Kier molecular flexibility index (Phi) is 10.5. The highest BCUT2D eigenvalue weighted by molar-refractivity contribution is 6.38. The SMILES string of the molecule is CCC(NC(=O)[C@@H]1[C@H]2CCC[C@H]2CN1C(=O)[C@@H](NC(=O)[C@@H](NC(=O)c1cnccn1)C(C)(C)C)C(C)(C)C)C(=O)C(=O)NC1CC1. The molecule has 0 spiro atoms. The summed E-state index contributed by atoms with van der Waals surface area (Å²) >= 11 is 0. The molecule has 2 heterocycles. The summed E-state index contributed by atoms with van der Waals surface area (Å²) < 4.78 is 0. The molecule has 3 fully saturated rings. The topological polar surface area (TPSA) is 180 Å². The summed E-state index contributed by atoms with van der Waals surface area (Å²) in [4.78, 5) is 90.0. The third-order valence-corrected chi connectivity index (χ3v) is 9.22. The molecular formula is C33H49N7O6. The van der Waals surface area contributed by atoms with Crippen LogP contribution >= 0.6 is 0 Å². The molecule has 1 aliphatic heterocycles. The van der Waals surface area contributed by atoms with Crippen molar-refractivity contribution in [2.75, 3.05) is 6.54 Å². The number of carbonyl (C=O) groups is 6. The van der Waals surface area contributed by atoms with E-state index in [9.17, 15) is 28.8 Å². The number of hydrogen-bond donors (Lipinski definition) is 4. The van der Waals surface area contributed by atoms with E-state index in [1.807, 2.05) is 20.8 Å². The van der Waals surface area contributed by atoms with E-state index >= 15 is 0 Å². The van der Waals surface area contributed by atoms with E-state index in [-0.39, 0.29) is 30.0 Å². The van der Waals surface area contributed by atoms with E-state index in [2.05, 4.69) is 31.2 Å². The lowest BCUT2D eigenvalue weighted by Gasteiger charge is -2.38. The van der Waals surface area contributed by atoms with Crippen molar-refractivity contribution in [3.05, 3.63) is 24.3 Å². The van der Waals surface area contributed by atoms with E-state index in [1.165, 1.54) is 18.6 Å². The second kappa shape index (κ2) is 13.8. The van der Waals surface area contributed by atoms with Gasteiger partial charge in [-0.25, -0.2) is 4.98 Å². The van der Waals surface area contributed by atoms with Crippen LogP contribution in [0.3, 0.4) is 0 Å². The number of nitrogens with zero attached hydrogens (tertiary/aromatic N) is 3. The minimum Gasteiger partial charge on any atom is -0.347 e. The van der Waals surface area contributed by atoms with E-state index in [1.54, 1.807) is 32.6 Å². The van der Waals surface area contributed by atoms with Crippen LogP contribution in [0.4, 0.5) is 0 Å². The molecular weight excluding hydrogens is 590 g/mol. The average molecular weight is 640 g/mol. The van der Waals surface area contributed by atoms with Gasteiger partial charge < -0.3 is 26.2 Å². The van der Waals surface area contributed by atoms with Crippen molar-refractivity contribution in [3.63, 3.8) is 0 Å². The van der Waals surface area contributed by atoms with Gasteiger partial charge in [0.25, 0.3) is 11.8 Å². The molecule has 4 rings (SSSR count). The zero-order valence-corrected chi connectivity index (χ0v) is 28.0. The standard InChI is InChI=1S/C33H49N7O6/c1-8-21(24(41)29(44)36-19-12-13-19)37-28(43)23-20-11-9-10-18(20)17-40(23)31(46)26(33(5,6)7)39-30(45)25(32(2,3)4)38-27(42)22-16-34-14-15-35-22/h14-16,18-21,23,25-26H,8-13,17H2,1-7H3,(H,36,44)(H,37,43)(H,38,42)(H,39,45)/t18-,20-,21?,23-,25+,26+/m0/s1. The third kappa shape index (κ3) is 8.08. The second-order valence-electron chi connectivity index (χ2n) is 15.0. The number of hydrogen-bond acceptors (Lipinski definition) is 8. The van der Waals surface area contributed by atoms with Crippen molar-refractivity contribution in [1.82, 2.24) is 36.1 Å². The highest BCUT2D eigenvalue weighted by atomic mass is 16.2. The van der Waals surface area contributed by atoms with E-state index < -0.39 is 70.3 Å². The molecule has 5 amide bonds. The van der Waals surface area contributed by atoms with Crippen molar-refractivity contribution in [3.8, 4) is 0 Å². The molecule has 1 aromatic rings. The van der Waals surface area contributed by atoms with Gasteiger partial charge in [-0.1, -0.05) is 54.9 Å². The minimum absolute atomic E-state index is 0.00889. The summed E-state index contributed by atoms with van der Waals surface area (Å²) in [6.07, 6.45) is 8.58. The molecule has 0 radical (unpaired) electrons. The quantitative estimate of drug-likeness (QED) is 0.263. The van der Waals surface area contributed by atoms with Crippen LogP contribution in [0, 0.1) is 22.7 Å². The van der Waals surface area contributed by atoms with Gasteiger partial charge in [-0.3, -0.25) is 33.8 Å². The van der Waals surface area contributed by atoms with Crippen LogP contribution in [0.2, 0.25) is 0 Å². The fraction of sp³-hybridized carbons (Fsp3) is 0.697. The van der Waals surface area contributed by atoms with Crippen LogP contribution in [0.15, 0.2) is 18.6 Å². The van der Waals surface area contributed by atoms with Gasteiger partial charge in [0.05, 0.1) is 12.2 Å². The molecule has 13 heteroatoms. The number of likely N-dealkylation sites (tertiary alicyclic amines) is 1. The van der Waals surface area contributed by atoms with Crippen LogP contribution in [-0.4, -0.2) is 86.9 Å². The summed E-state index contributed by atoms with van der Waals surface area (Å²) in [5.74, 6) is -3.38. The molecule has 6 atom stereocenters. The number of fused-ring (bicyclic) bond motifs is 1. The van der Waals surface area contributed by atoms with Gasteiger partial charge in [-0.15, -0.1) is 0 Å². The number of ketones is 1. The van der Waals surface area contributed by atoms with Crippen molar-refractivity contribution in [2.24, 2.45) is 22.7 Å². The Labute approximate surface area is 270 Å². The molecule has 1 unspecified atom stereocenters. The molecule has 0 aromatic carbocycles. The van der Waals surface area contributed by atoms with Crippen LogP contribution < -0.4 is 21.3 Å². The molecule has 13 nitrogen and oxygen atoms in total. The Hall–Kier alpha value is -3.90. The van der Waals surface area contributed by atoms with Gasteiger partial charge >= 0.3 is 0 Å². The molecule has 252 valence electrons. The van der Waals surface area contributed by atoms with E-state index in [0.717, 1.165) is 32.1 Å². The molecule has 1 aromatic heterocycles. The lowest BCUT2D eigenvalue weighted by Crippen LogP contribution is -2.63. The Morgan fingerprint density at radius 2 is 1.57 bits per heavy atom. The third-order valence-electron chi connectivity index (χ3n) is 9.22. The molecule has 4 N–H and O–H groups in total. The minimum atomic E-state index is -1.03. The molecule has 2 aliphatic carbocycles. The summed E-state index contributed by atoms with van der Waals surface area (Å²) in [5, 5.41) is 11.1. The van der Waals surface area contributed by atoms with E-state index in [0.29, 0.717) is 6.54 Å². The zero-order valence-electron chi connectivity index (χ0n) is 28.0. The van der Waals surface area contributed by atoms with Crippen LogP contribution in [0.5, 0.6) is 0 Å². The summed E-state index contributed by atoms with van der Waals surface area (Å²) in [6.45, 7) is 13.0. The Morgan fingerprint density at radius 3 is 2.13 bits per heavy atom. The first-order chi connectivity index (χ1) is 21.5. The largest absolute Gasteiger partial charge is 0.347 e. The number of amides is 5. The first-order valence-electron chi connectivity index (χ1n) is 16.4. The number of Topliss-reactive ketones (excluding diaryl/α,β-unsaturated/α-hetero) is 1. The fourth-order valence-electron chi connectivity index (χ4n) is 6.46. The predicted molar refractivity (Wildman–Crippen MR) is 169 cm³/mol. The van der Waals surface area contributed by atoms with Gasteiger partial charge in [-0.05, 0) is 54.8 Å². The van der Waals surface area contributed by atoms with Gasteiger partial charge in [0, 0.05) is 25.0 Å². The number of carbonyl (C=O) groups excluding carboxylic acids is 6. The Bertz CT molecular complexity index is 1330. The number of nitrogens with one attached hydrogen (secondary N) is 4. The average Bonchev–Trinajstić information content (AvgIpc) is 3.56. The lowest BCUT2D eigenvalue weighted by molar-refractivity contribution is -0.146. The normalized spacial score (nSPS) is 23.0. The molecule has 2 saturated carbocycles. The maximum absolute atomic E-state index is 14.4. The summed E-state index contributed by atoms with van der Waals surface area (Å²) in [6, 6.07) is -3.89. The Morgan fingerprint density at radius 1 is 0.891 bits per heavy atom. The number of rotatable bonds is 11. The van der Waals surface area contributed by atoms with Crippen LogP contribution in [-0.2, 0) is 24.0 Å². The second-order valence-corrected chi connectivity index (χ2v) is 15.0. The van der Waals surface area contributed by atoms with Crippen molar-refractivity contribution in [2.45, 2.75) is 117 Å². The van der Waals surface area contributed by atoms with Crippen molar-refractivity contribution < 1.29 is 28.8 Å². The van der Waals surface area contributed by atoms with Gasteiger partial charge in [-0.2, -0.15) is 0 Å². The first-order valence-corrected chi connectivity index (χ1v) is 16.4. The van der Waals surface area contributed by atoms with Gasteiger partial charge in [0.2, 0.25) is 23.5 Å². The van der Waals surface area contributed by atoms with Crippen LogP contribution in [0.1, 0.15) is 97.5 Å². The smallest absolute Gasteiger partial charge is 0.289 e. The number of aromatic nitrogens is 2. The highest BCUT2D eigenvalue weighted by Gasteiger charge is 2.52. The molecule has 0 bridgehead atoms. The maximum atomic E-state index is 14.4. The zero-order chi connectivity index (χ0) is 34.0. The van der Waals surface area contributed by atoms with E-state index in [4.69, 9.17) is 0 Å². The summed E-state index contributed by atoms with van der Waals surface area (Å²) in [7, 11) is 0. The lowest BCUT2D eigenvalue weighted by atomic mass is 9.82. The monoisotopic (exact) mass is 639 g/mol. The summed E-state index contributed by atoms with van der Waals surface area (Å²) in [5.41, 5.74) is -1.43. The van der Waals surface area contributed by atoms with Gasteiger partial charge in [0.1, 0.15) is 23.8 Å². The predicted octanol–water partition coefficient (Wildman–Crippen LogP) is 1.52. The van der Waals surface area contributed by atoms with Crippen molar-refractivity contribution >= 4 is 35.3 Å². The highest BCUT2D eigenvalue weighted by Crippen LogP contribution is 2.43. The van der Waals surface area contributed by atoms with Crippen molar-refractivity contribution in [1.29, 1.82) is 0 Å². The van der Waals surface area contributed by atoms with Crippen LogP contribution in [0.25, 0.3) is 0 Å². The van der Waals surface area contributed by atoms with Gasteiger partial charge in [0.15, 0.2) is 0 Å². The first kappa shape index (κ1) is 35.0. The molecule has 3 aliphatic rings.